The Bertz CT molecular complexity index is 2310. The van der Waals surface area contributed by atoms with Crippen LogP contribution < -0.4 is 10.2 Å². The zero-order chi connectivity index (χ0) is 45.3. The zero-order valence-corrected chi connectivity index (χ0v) is 44.4. The molecule has 10 aromatic rings. The zero-order valence-electron chi connectivity index (χ0n) is 37.4. The van der Waals surface area contributed by atoms with Gasteiger partial charge < -0.3 is 10.2 Å². The van der Waals surface area contributed by atoms with Crippen LogP contribution in [0.5, 0.6) is 11.5 Å². The number of para-hydroxylation sites is 2. The fourth-order valence-corrected chi connectivity index (χ4v) is 6.07. The van der Waals surface area contributed by atoms with Crippen LogP contribution in [0.4, 0.5) is 0 Å². The quantitative estimate of drug-likeness (QED) is 0.112. The van der Waals surface area contributed by atoms with Crippen molar-refractivity contribution in [2.75, 3.05) is 0 Å². The second kappa shape index (κ2) is 29.0. The fourth-order valence-electron chi connectivity index (χ4n) is 6.07. The van der Waals surface area contributed by atoms with Crippen molar-refractivity contribution in [3.8, 4) is 11.5 Å². The molecule has 10 rings (SSSR count). The predicted octanol–water partition coefficient (Wildman–Crippen LogP) is 14.6. The first-order valence-electron chi connectivity index (χ1n) is 20.7. The summed E-state index contributed by atoms with van der Waals surface area (Å²) in [7, 11) is 0. The van der Waals surface area contributed by atoms with Crippen LogP contribution in [0.15, 0.2) is 206 Å². The van der Waals surface area contributed by atoms with Gasteiger partial charge in [0.25, 0.3) is 0 Å². The van der Waals surface area contributed by atoms with Crippen LogP contribution >= 0.6 is 0 Å². The van der Waals surface area contributed by atoms with Crippen LogP contribution in [0.3, 0.4) is 0 Å². The summed E-state index contributed by atoms with van der Waals surface area (Å²) in [6, 6.07) is 68.0. The summed E-state index contributed by atoms with van der Waals surface area (Å²) in [5.74, 6) is 0.144. The molecule has 0 saturated heterocycles. The third kappa shape index (κ3) is 21.6. The maximum Gasteiger partial charge on any atom is -0.0579 e. The molecule has 0 unspecified atom stereocenters. The van der Waals surface area contributed by atoms with Gasteiger partial charge in [-0.3, -0.25) is 0 Å². The van der Waals surface area contributed by atoms with Crippen molar-refractivity contribution in [1.29, 1.82) is 0 Å². The molecule has 0 radical (unpaired) electrons. The van der Waals surface area contributed by atoms with Crippen molar-refractivity contribution < 1.29 is 56.9 Å². The fraction of sp³-hybridized carbons (Fsp3) is 0.143. The standard InChI is InChI=1S/4C10H9.2C6H6O.2C2H6Si.2Zr/c4*1-8-6-9-4-2-3-5-10(9)7-8;2*7-6-4-2-1-3-5-6;2*1-3-2;;/h4*2-7H,1H3;2*1-5,7H;2*1-2H3;;/q4*-1;;;;;2*+2/p-2. The van der Waals surface area contributed by atoms with Crippen molar-refractivity contribution >= 4 is 54.0 Å². The third-order valence-electron chi connectivity index (χ3n) is 8.54. The second-order valence-corrected chi connectivity index (χ2v) is 34.0. The molecule has 6 heteroatoms. The minimum atomic E-state index is 0.0718. The Kier molecular flexibility index (Phi) is 24.3. The summed E-state index contributed by atoms with van der Waals surface area (Å²) in [6.07, 6.45) is 0. The first kappa shape index (κ1) is 51.9. The normalized spacial score (nSPS) is 9.61. The van der Waals surface area contributed by atoms with Crippen molar-refractivity contribution in [3.05, 3.63) is 229 Å². The molecule has 0 spiro atoms. The molecular formula is C56H58O2Si2Zr2-2. The van der Waals surface area contributed by atoms with E-state index >= 15 is 0 Å². The summed E-state index contributed by atoms with van der Waals surface area (Å²) >= 11 is 3.48. The van der Waals surface area contributed by atoms with Gasteiger partial charge >= 0.3 is 83.7 Å². The molecule has 312 valence electrons. The Morgan fingerprint density at radius 3 is 0.661 bits per heavy atom. The summed E-state index contributed by atoms with van der Waals surface area (Å²) < 4.78 is 0. The summed E-state index contributed by atoms with van der Waals surface area (Å²) in [6.45, 7) is 17.7. The summed E-state index contributed by atoms with van der Waals surface area (Å²) in [5.41, 5.74) is 5.81. The maximum absolute atomic E-state index is 10.3. The third-order valence-corrected chi connectivity index (χ3v) is 8.54. The van der Waals surface area contributed by atoms with Gasteiger partial charge in [0.1, 0.15) is 0 Å². The molecule has 0 aliphatic rings. The molecule has 0 aromatic heterocycles. The Morgan fingerprint density at radius 2 is 0.500 bits per heavy atom. The van der Waals surface area contributed by atoms with E-state index in [0.717, 1.165) is 0 Å². The molecule has 0 bridgehead atoms. The van der Waals surface area contributed by atoms with Gasteiger partial charge in [-0.1, -0.05) is 113 Å². The summed E-state index contributed by atoms with van der Waals surface area (Å²) in [5, 5.41) is 31.3. The van der Waals surface area contributed by atoms with Crippen LogP contribution in [0.1, 0.15) is 22.3 Å². The summed E-state index contributed by atoms with van der Waals surface area (Å²) in [4.78, 5) is 0. The van der Waals surface area contributed by atoms with Crippen LogP contribution in [0.2, 0.25) is 26.2 Å². The molecule has 0 fully saturated rings. The SMILES string of the molecule is C[Si](C)=[Zr+2].C[Si](C)=[Zr+2].Cc1cc2ccccc2[cH-]1.Cc1cc2ccccc2[cH-]1.Cc1cc2ccccc2[cH-]1.Cc1cc2ccccc2[cH-]1.[O-]c1ccccc1.[O-]c1ccccc1. The number of fused-ring (bicyclic) bond motifs is 4. The van der Waals surface area contributed by atoms with E-state index in [4.69, 9.17) is 0 Å². The monoisotopic (exact) mass is 998 g/mol. The smallest absolute Gasteiger partial charge is 0.0579 e. The predicted molar refractivity (Wildman–Crippen MR) is 264 cm³/mol. The van der Waals surface area contributed by atoms with E-state index in [-0.39, 0.29) is 22.4 Å². The molecule has 0 atom stereocenters. The van der Waals surface area contributed by atoms with E-state index in [2.05, 4.69) is 199 Å². The van der Waals surface area contributed by atoms with Gasteiger partial charge in [0.05, 0.1) is 0 Å². The molecule has 0 aliphatic heterocycles. The number of hydrogen-bond donors (Lipinski definition) is 0. The molecule has 0 aliphatic carbocycles. The van der Waals surface area contributed by atoms with E-state index < -0.39 is 0 Å². The van der Waals surface area contributed by atoms with Crippen LogP contribution in [-0.4, -0.2) is 10.9 Å². The van der Waals surface area contributed by atoms with Gasteiger partial charge in [0.2, 0.25) is 0 Å². The number of aryl methyl sites for hydroxylation is 4. The topological polar surface area (TPSA) is 46.1 Å². The maximum atomic E-state index is 10.3. The molecule has 0 N–H and O–H groups in total. The first-order chi connectivity index (χ1) is 29.7. The minimum Gasteiger partial charge on any atom is -0.872 e. The molecule has 0 saturated carbocycles. The number of benzene rings is 6. The van der Waals surface area contributed by atoms with Crippen molar-refractivity contribution in [1.82, 2.24) is 0 Å². The van der Waals surface area contributed by atoms with Gasteiger partial charge in [0, 0.05) is 0 Å². The van der Waals surface area contributed by atoms with Crippen LogP contribution in [0.25, 0.3) is 43.1 Å². The first-order valence-corrected chi connectivity index (χ1v) is 33.0. The van der Waals surface area contributed by atoms with Crippen LogP contribution in [-0.2, 0) is 46.7 Å². The van der Waals surface area contributed by atoms with Gasteiger partial charge in [-0.25, -0.2) is 0 Å². The van der Waals surface area contributed by atoms with E-state index in [1.54, 1.807) is 70.9 Å². The van der Waals surface area contributed by atoms with E-state index in [1.165, 1.54) is 89.6 Å². The van der Waals surface area contributed by atoms with Gasteiger partial charge in [-0.2, -0.15) is 24.3 Å². The Hall–Kier alpha value is -4.44. The van der Waals surface area contributed by atoms with Gasteiger partial charge in [-0.15, -0.1) is 174 Å². The van der Waals surface area contributed by atoms with Gasteiger partial charge in [-0.05, 0) is 0 Å². The van der Waals surface area contributed by atoms with Crippen molar-refractivity contribution in [2.45, 2.75) is 53.9 Å². The van der Waals surface area contributed by atoms with Crippen molar-refractivity contribution in [2.24, 2.45) is 0 Å². The number of hydrogen-bond acceptors (Lipinski definition) is 2. The molecule has 0 amide bonds. The molecular weight excluding hydrogens is 943 g/mol. The molecule has 10 aromatic carbocycles. The van der Waals surface area contributed by atoms with E-state index in [0.29, 0.717) is 0 Å². The van der Waals surface area contributed by atoms with Crippen molar-refractivity contribution in [3.63, 3.8) is 0 Å². The molecule has 2 nitrogen and oxygen atoms in total. The van der Waals surface area contributed by atoms with E-state index in [1.807, 2.05) is 12.1 Å². The minimum absolute atomic E-state index is 0.0718. The largest absolute Gasteiger partial charge is 0.872 e. The average molecular weight is 1000 g/mol. The van der Waals surface area contributed by atoms with Gasteiger partial charge in [0.15, 0.2) is 0 Å². The Balaban J connectivity index is 0.000000193. The Morgan fingerprint density at radius 1 is 0.323 bits per heavy atom. The number of rotatable bonds is 0. The molecule has 62 heavy (non-hydrogen) atoms. The van der Waals surface area contributed by atoms with E-state index in [9.17, 15) is 10.2 Å². The molecule has 0 heterocycles. The van der Waals surface area contributed by atoms with Crippen LogP contribution in [0, 0.1) is 27.7 Å². The second-order valence-electron chi connectivity index (χ2n) is 15.3. The average Bonchev–Trinajstić information content (AvgIpc) is 4.01. The Labute approximate surface area is 401 Å².